The molecule has 2 N–H and O–H groups in total. The second-order valence-electron chi connectivity index (χ2n) is 5.18. The van der Waals surface area contributed by atoms with E-state index in [2.05, 4.69) is 5.32 Å². The Morgan fingerprint density at radius 3 is 2.39 bits per heavy atom. The molecule has 1 amide bonds. The highest BCUT2D eigenvalue weighted by Gasteiger charge is 2.24. The lowest BCUT2D eigenvalue weighted by Gasteiger charge is -2.21. The Morgan fingerprint density at radius 2 is 1.83 bits per heavy atom. The molecule has 0 fully saturated rings. The van der Waals surface area contributed by atoms with Gasteiger partial charge in [-0.15, -0.1) is 0 Å². The summed E-state index contributed by atoms with van der Waals surface area (Å²) >= 11 is 0. The van der Waals surface area contributed by atoms with Crippen LogP contribution in [0.25, 0.3) is 0 Å². The lowest BCUT2D eigenvalue weighted by molar-refractivity contribution is -0.139. The summed E-state index contributed by atoms with van der Waals surface area (Å²) in [7, 11) is 0. The van der Waals surface area contributed by atoms with Gasteiger partial charge in [0.05, 0.1) is 6.42 Å². The van der Waals surface area contributed by atoms with E-state index in [-0.39, 0.29) is 18.7 Å². The van der Waals surface area contributed by atoms with Crippen LogP contribution in [0.15, 0.2) is 24.5 Å². The average molecular weight is 252 g/mol. The minimum Gasteiger partial charge on any atom is -0.481 e. The van der Waals surface area contributed by atoms with Crippen molar-refractivity contribution < 1.29 is 14.7 Å². The van der Waals surface area contributed by atoms with Gasteiger partial charge in [0.15, 0.2) is 0 Å². The number of carbonyl (C=O) groups is 2. The second-order valence-corrected chi connectivity index (χ2v) is 5.18. The summed E-state index contributed by atoms with van der Waals surface area (Å²) in [4.78, 5) is 22.3. The number of rotatable bonds is 7. The maximum absolute atomic E-state index is 11.7. The smallest absolute Gasteiger partial charge is 0.303 e. The molecule has 0 aromatic carbocycles. The van der Waals surface area contributed by atoms with Crippen molar-refractivity contribution in [2.24, 2.45) is 5.41 Å². The van der Waals surface area contributed by atoms with Gasteiger partial charge in [0.25, 0.3) is 0 Å². The molecule has 0 aliphatic carbocycles. The fourth-order valence-electron chi connectivity index (χ4n) is 1.81. The fourth-order valence-corrected chi connectivity index (χ4v) is 1.81. The molecular formula is C13H20N2O3. The summed E-state index contributed by atoms with van der Waals surface area (Å²) in [5, 5.41) is 11.5. The summed E-state index contributed by atoms with van der Waals surface area (Å²) in [6.07, 6.45) is 4.09. The number of aromatic nitrogens is 1. The molecular weight excluding hydrogens is 232 g/mol. The van der Waals surface area contributed by atoms with E-state index in [1.807, 2.05) is 29.1 Å². The molecule has 0 unspecified atom stereocenters. The molecule has 0 aliphatic heterocycles. The third-order valence-corrected chi connectivity index (χ3v) is 2.63. The number of hydrogen-bond donors (Lipinski definition) is 2. The van der Waals surface area contributed by atoms with E-state index in [9.17, 15) is 9.59 Å². The topological polar surface area (TPSA) is 71.3 Å². The lowest BCUT2D eigenvalue weighted by atomic mass is 9.85. The Bertz CT molecular complexity index is 396. The van der Waals surface area contributed by atoms with Crippen LogP contribution in [0.5, 0.6) is 0 Å². The zero-order valence-electron chi connectivity index (χ0n) is 10.8. The normalized spacial score (nSPS) is 11.2. The molecule has 0 radical (unpaired) electrons. The Balaban J connectivity index is 2.26. The van der Waals surface area contributed by atoms with Crippen LogP contribution in [0.3, 0.4) is 0 Å². The van der Waals surface area contributed by atoms with Gasteiger partial charge in [-0.2, -0.15) is 0 Å². The zero-order chi connectivity index (χ0) is 13.6. The van der Waals surface area contributed by atoms with Gasteiger partial charge in [0, 0.05) is 31.9 Å². The van der Waals surface area contributed by atoms with Crippen molar-refractivity contribution in [1.82, 2.24) is 9.88 Å². The van der Waals surface area contributed by atoms with E-state index in [4.69, 9.17) is 5.11 Å². The Labute approximate surface area is 107 Å². The zero-order valence-corrected chi connectivity index (χ0v) is 10.8. The number of hydrogen-bond acceptors (Lipinski definition) is 2. The quantitative estimate of drug-likeness (QED) is 0.772. The standard InChI is InChI=1S/C13H20N2O3/c1-13(2,10-12(17)18)9-11(16)14-5-8-15-6-3-4-7-15/h3-4,6-7H,5,8-10H2,1-2H3,(H,14,16)(H,17,18). The van der Waals surface area contributed by atoms with Crippen molar-refractivity contribution in [2.45, 2.75) is 33.2 Å². The van der Waals surface area contributed by atoms with Gasteiger partial charge in [-0.05, 0) is 17.5 Å². The van der Waals surface area contributed by atoms with Crippen molar-refractivity contribution >= 4 is 11.9 Å². The highest BCUT2D eigenvalue weighted by molar-refractivity contribution is 5.77. The first-order valence-corrected chi connectivity index (χ1v) is 5.98. The molecule has 0 saturated carbocycles. The number of amides is 1. The molecule has 0 bridgehead atoms. The molecule has 1 aromatic heterocycles. The van der Waals surface area contributed by atoms with Crippen LogP contribution in [-0.2, 0) is 16.1 Å². The van der Waals surface area contributed by atoms with Crippen LogP contribution in [0.4, 0.5) is 0 Å². The number of carboxylic acid groups (broad SMARTS) is 1. The molecule has 0 spiro atoms. The molecule has 0 saturated heterocycles. The van der Waals surface area contributed by atoms with Crippen molar-refractivity contribution in [1.29, 1.82) is 0 Å². The highest BCUT2D eigenvalue weighted by Crippen LogP contribution is 2.24. The molecule has 0 atom stereocenters. The van der Waals surface area contributed by atoms with E-state index in [1.54, 1.807) is 13.8 Å². The SMILES string of the molecule is CC(C)(CC(=O)O)CC(=O)NCCn1cccc1. The second kappa shape index (κ2) is 6.23. The first kappa shape index (κ1) is 14.3. The van der Waals surface area contributed by atoms with Gasteiger partial charge in [-0.25, -0.2) is 0 Å². The van der Waals surface area contributed by atoms with Gasteiger partial charge in [0.1, 0.15) is 0 Å². The van der Waals surface area contributed by atoms with Crippen LogP contribution in [0, 0.1) is 5.41 Å². The van der Waals surface area contributed by atoms with Gasteiger partial charge in [0.2, 0.25) is 5.91 Å². The van der Waals surface area contributed by atoms with Crippen molar-refractivity contribution in [3.63, 3.8) is 0 Å². The maximum Gasteiger partial charge on any atom is 0.303 e. The molecule has 18 heavy (non-hydrogen) atoms. The van der Waals surface area contributed by atoms with Gasteiger partial charge in [-0.1, -0.05) is 13.8 Å². The molecule has 1 rings (SSSR count). The van der Waals surface area contributed by atoms with Gasteiger partial charge in [-0.3, -0.25) is 9.59 Å². The fraction of sp³-hybridized carbons (Fsp3) is 0.538. The van der Waals surface area contributed by atoms with Crippen LogP contribution < -0.4 is 5.32 Å². The molecule has 5 heteroatoms. The van der Waals surface area contributed by atoms with Crippen molar-refractivity contribution in [3.8, 4) is 0 Å². The third kappa shape index (κ3) is 5.52. The van der Waals surface area contributed by atoms with Crippen LogP contribution in [0.1, 0.15) is 26.7 Å². The monoisotopic (exact) mass is 252 g/mol. The van der Waals surface area contributed by atoms with E-state index in [0.717, 1.165) is 6.54 Å². The highest BCUT2D eigenvalue weighted by atomic mass is 16.4. The summed E-state index contributed by atoms with van der Waals surface area (Å²) in [5.41, 5.74) is -0.511. The summed E-state index contributed by atoms with van der Waals surface area (Å²) in [5.74, 6) is -0.978. The van der Waals surface area contributed by atoms with Crippen LogP contribution in [-0.4, -0.2) is 28.1 Å². The largest absolute Gasteiger partial charge is 0.481 e. The van der Waals surface area contributed by atoms with Crippen molar-refractivity contribution in [2.75, 3.05) is 6.54 Å². The third-order valence-electron chi connectivity index (χ3n) is 2.63. The Hall–Kier alpha value is -1.78. The van der Waals surface area contributed by atoms with Gasteiger partial charge < -0.3 is 15.0 Å². The number of aliphatic carboxylic acids is 1. The molecule has 100 valence electrons. The predicted octanol–water partition coefficient (Wildman–Crippen LogP) is 1.50. The number of carboxylic acids is 1. The minimum absolute atomic E-state index is 0.00196. The number of nitrogens with zero attached hydrogens (tertiary/aromatic N) is 1. The Morgan fingerprint density at radius 1 is 1.22 bits per heavy atom. The van der Waals surface area contributed by atoms with Crippen molar-refractivity contribution in [3.05, 3.63) is 24.5 Å². The number of nitrogens with one attached hydrogen (secondary N) is 1. The summed E-state index contributed by atoms with van der Waals surface area (Å²) in [6.45, 7) is 4.84. The molecule has 0 aliphatic rings. The maximum atomic E-state index is 11.7. The van der Waals surface area contributed by atoms with Crippen LogP contribution in [0.2, 0.25) is 0 Å². The lowest BCUT2D eigenvalue weighted by Crippen LogP contribution is -2.32. The molecule has 1 aromatic rings. The number of carbonyl (C=O) groups excluding carboxylic acids is 1. The van der Waals surface area contributed by atoms with E-state index >= 15 is 0 Å². The Kier molecular flexibility index (Phi) is 4.95. The van der Waals surface area contributed by atoms with Crippen LogP contribution >= 0.6 is 0 Å². The van der Waals surface area contributed by atoms with E-state index in [1.165, 1.54) is 0 Å². The predicted molar refractivity (Wildman–Crippen MR) is 68.1 cm³/mol. The summed E-state index contributed by atoms with van der Waals surface area (Å²) in [6, 6.07) is 3.86. The minimum atomic E-state index is -0.875. The van der Waals surface area contributed by atoms with Gasteiger partial charge >= 0.3 is 5.97 Å². The van der Waals surface area contributed by atoms with E-state index in [0.29, 0.717) is 6.54 Å². The molecule has 5 nitrogen and oxygen atoms in total. The van der Waals surface area contributed by atoms with E-state index < -0.39 is 11.4 Å². The summed E-state index contributed by atoms with van der Waals surface area (Å²) < 4.78 is 1.97. The average Bonchev–Trinajstić information content (AvgIpc) is 2.66. The first-order valence-electron chi connectivity index (χ1n) is 5.98. The first-order chi connectivity index (χ1) is 8.39. The molecule has 1 heterocycles.